The number of dihydropyridines is 1. The average Bonchev–Trinajstić information content (AvgIpc) is 2.63. The van der Waals surface area contributed by atoms with Gasteiger partial charge in [0.25, 0.3) is 0 Å². The van der Waals surface area contributed by atoms with Crippen LogP contribution in [0, 0.1) is 5.41 Å². The first kappa shape index (κ1) is 20.2. The fourth-order valence-corrected chi connectivity index (χ4v) is 3.89. The number of benzene rings is 1. The number of alkyl halides is 3. The summed E-state index contributed by atoms with van der Waals surface area (Å²) in [5.74, 6) is -1.74. The molecule has 0 saturated carbocycles. The highest BCUT2D eigenvalue weighted by Gasteiger charge is 2.45. The molecule has 1 unspecified atom stereocenters. The van der Waals surface area contributed by atoms with Gasteiger partial charge >= 0.3 is 12.1 Å². The maximum absolute atomic E-state index is 13.3. The van der Waals surface area contributed by atoms with Crippen molar-refractivity contribution in [3.8, 4) is 0 Å². The maximum Gasteiger partial charge on any atom is 0.416 e. The topological polar surface area (TPSA) is 55.4 Å². The van der Waals surface area contributed by atoms with E-state index in [-0.39, 0.29) is 16.9 Å². The predicted octanol–water partition coefficient (Wildman–Crippen LogP) is 4.48. The molecule has 1 aliphatic heterocycles. The number of ether oxygens (including phenoxy) is 1. The average molecular weight is 393 g/mol. The fourth-order valence-electron chi connectivity index (χ4n) is 3.89. The first-order chi connectivity index (χ1) is 13.0. The maximum atomic E-state index is 13.3. The van der Waals surface area contributed by atoms with E-state index in [1.165, 1.54) is 19.2 Å². The number of ketones is 1. The second-order valence-corrected chi connectivity index (χ2v) is 7.82. The summed E-state index contributed by atoms with van der Waals surface area (Å²) >= 11 is 0. The molecule has 1 aliphatic carbocycles. The van der Waals surface area contributed by atoms with E-state index in [1.54, 1.807) is 6.92 Å². The van der Waals surface area contributed by atoms with Crippen molar-refractivity contribution >= 4 is 11.8 Å². The van der Waals surface area contributed by atoms with Gasteiger partial charge in [0.05, 0.1) is 18.2 Å². The Morgan fingerprint density at radius 3 is 2.57 bits per heavy atom. The SMILES string of the molecule is COC(=O)C1=C(C)NC2=C(C(=O)C(C)(C)CC2)C1c1cccc(C(F)(F)F)c1. The Balaban J connectivity index is 2.24. The third kappa shape index (κ3) is 3.34. The number of rotatable bonds is 2. The van der Waals surface area contributed by atoms with Crippen molar-refractivity contribution in [1.82, 2.24) is 5.32 Å². The van der Waals surface area contributed by atoms with Crippen LogP contribution in [-0.4, -0.2) is 18.9 Å². The van der Waals surface area contributed by atoms with Crippen molar-refractivity contribution in [2.24, 2.45) is 5.41 Å². The smallest absolute Gasteiger partial charge is 0.416 e. The molecule has 4 nitrogen and oxygen atoms in total. The van der Waals surface area contributed by atoms with Gasteiger partial charge in [0.1, 0.15) is 0 Å². The van der Waals surface area contributed by atoms with Crippen LogP contribution in [0.5, 0.6) is 0 Å². The van der Waals surface area contributed by atoms with E-state index in [9.17, 15) is 22.8 Å². The third-order valence-corrected chi connectivity index (χ3v) is 5.46. The van der Waals surface area contributed by atoms with Gasteiger partial charge in [-0.3, -0.25) is 4.79 Å². The van der Waals surface area contributed by atoms with Gasteiger partial charge in [-0.1, -0.05) is 32.0 Å². The number of carbonyl (C=O) groups is 2. The second-order valence-electron chi connectivity index (χ2n) is 7.82. The molecular weight excluding hydrogens is 371 g/mol. The monoisotopic (exact) mass is 393 g/mol. The van der Waals surface area contributed by atoms with Crippen LogP contribution in [0.3, 0.4) is 0 Å². The summed E-state index contributed by atoms with van der Waals surface area (Å²) in [6.07, 6.45) is -3.33. The number of allylic oxidation sites excluding steroid dienone is 3. The van der Waals surface area contributed by atoms with Crippen molar-refractivity contribution in [1.29, 1.82) is 0 Å². The summed E-state index contributed by atoms with van der Waals surface area (Å²) in [5, 5.41) is 3.11. The first-order valence-electron chi connectivity index (χ1n) is 8.98. The van der Waals surface area contributed by atoms with Gasteiger partial charge in [-0.15, -0.1) is 0 Å². The molecule has 28 heavy (non-hydrogen) atoms. The highest BCUT2D eigenvalue weighted by molar-refractivity contribution is 6.06. The zero-order valence-corrected chi connectivity index (χ0v) is 16.2. The van der Waals surface area contributed by atoms with Gasteiger partial charge in [0, 0.05) is 28.3 Å². The van der Waals surface area contributed by atoms with Crippen molar-refractivity contribution in [2.75, 3.05) is 7.11 Å². The summed E-state index contributed by atoms with van der Waals surface area (Å²) in [7, 11) is 1.21. The lowest BCUT2D eigenvalue weighted by Crippen LogP contribution is -2.40. The number of hydrogen-bond acceptors (Lipinski definition) is 4. The number of halogens is 3. The van der Waals surface area contributed by atoms with Crippen LogP contribution in [0.25, 0.3) is 0 Å². The zero-order chi connectivity index (χ0) is 20.9. The lowest BCUT2D eigenvalue weighted by Gasteiger charge is -2.39. The lowest BCUT2D eigenvalue weighted by atomic mass is 9.67. The van der Waals surface area contributed by atoms with Gasteiger partial charge in [-0.05, 0) is 31.4 Å². The van der Waals surface area contributed by atoms with E-state index in [0.29, 0.717) is 29.8 Å². The van der Waals surface area contributed by atoms with E-state index in [2.05, 4.69) is 5.32 Å². The Morgan fingerprint density at radius 1 is 1.29 bits per heavy atom. The molecule has 0 radical (unpaired) electrons. The molecular formula is C21H22F3NO3. The number of carbonyl (C=O) groups excluding carboxylic acids is 2. The van der Waals surface area contributed by atoms with Crippen molar-refractivity contribution in [3.05, 3.63) is 57.9 Å². The Morgan fingerprint density at radius 2 is 1.96 bits per heavy atom. The van der Waals surface area contributed by atoms with E-state index in [1.807, 2.05) is 13.8 Å². The molecule has 3 rings (SSSR count). The quantitative estimate of drug-likeness (QED) is 0.753. The highest BCUT2D eigenvalue weighted by Crippen LogP contribution is 2.47. The van der Waals surface area contributed by atoms with Crippen molar-refractivity contribution in [3.63, 3.8) is 0 Å². The predicted molar refractivity (Wildman–Crippen MR) is 97.1 cm³/mol. The Hall–Kier alpha value is -2.57. The molecule has 0 amide bonds. The van der Waals surface area contributed by atoms with Crippen LogP contribution in [0.15, 0.2) is 46.8 Å². The zero-order valence-electron chi connectivity index (χ0n) is 16.2. The summed E-state index contributed by atoms with van der Waals surface area (Å²) in [6, 6.07) is 4.79. The number of nitrogens with one attached hydrogen (secondary N) is 1. The van der Waals surface area contributed by atoms with E-state index in [4.69, 9.17) is 4.74 Å². The summed E-state index contributed by atoms with van der Waals surface area (Å²) in [4.78, 5) is 25.7. The normalized spacial score (nSPS) is 22.0. The molecule has 0 aromatic heterocycles. The van der Waals surface area contributed by atoms with Crippen LogP contribution in [0.4, 0.5) is 13.2 Å². The Labute approximate surface area is 161 Å². The summed E-state index contributed by atoms with van der Waals surface area (Å²) in [5.41, 5.74) is 0.419. The highest BCUT2D eigenvalue weighted by atomic mass is 19.4. The van der Waals surface area contributed by atoms with Gasteiger partial charge < -0.3 is 10.1 Å². The minimum absolute atomic E-state index is 0.159. The molecule has 7 heteroatoms. The number of Topliss-reactive ketones (excluding diaryl/α,β-unsaturated/α-hetero) is 1. The minimum Gasteiger partial charge on any atom is -0.466 e. The van der Waals surface area contributed by atoms with Crippen LogP contribution in [0.2, 0.25) is 0 Å². The van der Waals surface area contributed by atoms with Crippen molar-refractivity contribution in [2.45, 2.75) is 45.7 Å². The molecule has 150 valence electrons. The molecule has 1 aromatic rings. The Bertz CT molecular complexity index is 910. The number of hydrogen-bond donors (Lipinski definition) is 1. The van der Waals surface area contributed by atoms with Crippen LogP contribution in [-0.2, 0) is 20.5 Å². The fraction of sp³-hybridized carbons (Fsp3) is 0.429. The molecule has 1 atom stereocenters. The molecule has 0 spiro atoms. The van der Waals surface area contributed by atoms with Crippen LogP contribution >= 0.6 is 0 Å². The molecule has 1 heterocycles. The molecule has 2 aliphatic rings. The van der Waals surface area contributed by atoms with Crippen LogP contribution in [0.1, 0.15) is 50.7 Å². The van der Waals surface area contributed by atoms with Gasteiger partial charge in [0.15, 0.2) is 5.78 Å². The summed E-state index contributed by atoms with van der Waals surface area (Å²) < 4.78 is 44.7. The van der Waals surface area contributed by atoms with E-state index in [0.717, 1.165) is 12.1 Å². The van der Waals surface area contributed by atoms with Crippen LogP contribution < -0.4 is 5.32 Å². The van der Waals surface area contributed by atoms with Crippen molar-refractivity contribution < 1.29 is 27.5 Å². The molecule has 0 fully saturated rings. The van der Waals surface area contributed by atoms with Gasteiger partial charge in [-0.2, -0.15) is 13.2 Å². The lowest BCUT2D eigenvalue weighted by molar-refractivity contribution is -0.137. The molecule has 1 N–H and O–H groups in total. The third-order valence-electron chi connectivity index (χ3n) is 5.46. The molecule has 0 bridgehead atoms. The molecule has 0 saturated heterocycles. The standard InChI is InChI=1S/C21H22F3NO3/c1-11-15(19(27)28-4)16(12-6-5-7-13(10-12)21(22,23)24)17-14(25-11)8-9-20(2,3)18(17)26/h5-7,10,16,25H,8-9H2,1-4H3. The number of esters is 1. The molecule has 1 aromatic carbocycles. The second kappa shape index (κ2) is 6.79. The number of methoxy groups -OCH3 is 1. The van der Waals surface area contributed by atoms with Gasteiger partial charge in [0.2, 0.25) is 0 Å². The van der Waals surface area contributed by atoms with E-state index >= 15 is 0 Å². The van der Waals surface area contributed by atoms with Gasteiger partial charge in [-0.25, -0.2) is 4.79 Å². The first-order valence-corrected chi connectivity index (χ1v) is 8.98. The summed E-state index contributed by atoms with van der Waals surface area (Å²) in [6.45, 7) is 5.29. The minimum atomic E-state index is -4.53. The Kier molecular flexibility index (Phi) is 4.89. The van der Waals surface area contributed by atoms with E-state index < -0.39 is 29.0 Å². The largest absolute Gasteiger partial charge is 0.466 e.